The lowest BCUT2D eigenvalue weighted by atomic mass is 10.0. The number of morpholine rings is 1. The van der Waals surface area contributed by atoms with Gasteiger partial charge in [-0.15, -0.1) is 0 Å². The number of carbonyl (C=O) groups excluding carboxylic acids is 1. The maximum Gasteiger partial charge on any atom is 0.416 e. The Hall–Kier alpha value is -2.68. The van der Waals surface area contributed by atoms with E-state index in [1.807, 2.05) is 4.90 Å². The first-order valence-electron chi connectivity index (χ1n) is 10.1. The number of anilines is 2. The normalized spacial score (nSPS) is 17.0. The lowest BCUT2D eigenvalue weighted by Crippen LogP contribution is -2.39. The standard InChI is InChI=1S/C21H23F3N4O2/c22-21(23,24)17-6-3-15(4-7-17)5-8-18(29)28-9-1-2-16-14-25-20(26-19(16)28)27-10-12-30-13-11-27/h3-4,6-7,14H,1-2,5,8-13H2. The molecule has 0 spiro atoms. The van der Waals surface area contributed by atoms with Gasteiger partial charge in [0.05, 0.1) is 18.8 Å². The third kappa shape index (κ3) is 4.56. The first-order valence-corrected chi connectivity index (χ1v) is 10.1. The van der Waals surface area contributed by atoms with Gasteiger partial charge in [0.15, 0.2) is 0 Å². The van der Waals surface area contributed by atoms with Crippen LogP contribution in [0.4, 0.5) is 24.9 Å². The minimum absolute atomic E-state index is 0.0810. The average Bonchev–Trinajstić information content (AvgIpc) is 2.77. The predicted octanol–water partition coefficient (Wildman–Crippen LogP) is 3.24. The molecule has 1 aromatic heterocycles. The Morgan fingerprint density at radius 2 is 1.83 bits per heavy atom. The van der Waals surface area contributed by atoms with Gasteiger partial charge in [0, 0.05) is 37.8 Å². The number of aromatic nitrogens is 2. The molecule has 1 saturated heterocycles. The molecule has 0 saturated carbocycles. The fourth-order valence-electron chi connectivity index (χ4n) is 3.74. The highest BCUT2D eigenvalue weighted by Crippen LogP contribution is 2.30. The second kappa shape index (κ2) is 8.59. The summed E-state index contributed by atoms with van der Waals surface area (Å²) in [5.74, 6) is 1.16. The number of fused-ring (bicyclic) bond motifs is 1. The summed E-state index contributed by atoms with van der Waals surface area (Å²) >= 11 is 0. The molecule has 2 aliphatic rings. The number of halogens is 3. The number of amides is 1. The van der Waals surface area contributed by atoms with Crippen molar-refractivity contribution < 1.29 is 22.7 Å². The van der Waals surface area contributed by atoms with Crippen molar-refractivity contribution in [2.24, 2.45) is 0 Å². The highest BCUT2D eigenvalue weighted by molar-refractivity contribution is 5.93. The zero-order valence-electron chi connectivity index (χ0n) is 16.5. The van der Waals surface area contributed by atoms with E-state index < -0.39 is 11.7 Å². The van der Waals surface area contributed by atoms with Crippen LogP contribution in [0.25, 0.3) is 0 Å². The lowest BCUT2D eigenvalue weighted by Gasteiger charge is -2.31. The maximum absolute atomic E-state index is 12.9. The van der Waals surface area contributed by atoms with E-state index in [4.69, 9.17) is 4.74 Å². The fraction of sp³-hybridized carbons (Fsp3) is 0.476. The zero-order chi connectivity index (χ0) is 21.1. The largest absolute Gasteiger partial charge is 0.416 e. The SMILES string of the molecule is O=C(CCc1ccc(C(F)(F)F)cc1)N1CCCc2cnc(N3CCOCC3)nc21. The number of rotatable bonds is 4. The molecule has 160 valence electrons. The van der Waals surface area contributed by atoms with Crippen molar-refractivity contribution in [3.8, 4) is 0 Å². The van der Waals surface area contributed by atoms with Crippen molar-refractivity contribution in [2.75, 3.05) is 42.6 Å². The Kier molecular flexibility index (Phi) is 5.90. The number of ether oxygens (including phenoxy) is 1. The molecule has 3 heterocycles. The monoisotopic (exact) mass is 420 g/mol. The van der Waals surface area contributed by atoms with Crippen LogP contribution in [0.15, 0.2) is 30.5 Å². The van der Waals surface area contributed by atoms with Crippen molar-refractivity contribution in [2.45, 2.75) is 31.9 Å². The molecule has 0 aliphatic carbocycles. The summed E-state index contributed by atoms with van der Waals surface area (Å²) in [6, 6.07) is 4.97. The summed E-state index contributed by atoms with van der Waals surface area (Å²) in [6.45, 7) is 3.24. The second-order valence-electron chi connectivity index (χ2n) is 7.46. The van der Waals surface area contributed by atoms with Crippen molar-refractivity contribution in [3.05, 3.63) is 47.2 Å². The Bertz CT molecular complexity index is 896. The molecule has 0 bridgehead atoms. The lowest BCUT2D eigenvalue weighted by molar-refractivity contribution is -0.137. The number of alkyl halides is 3. The van der Waals surface area contributed by atoms with Gasteiger partial charge in [0.2, 0.25) is 11.9 Å². The Morgan fingerprint density at radius 1 is 1.10 bits per heavy atom. The van der Waals surface area contributed by atoms with Crippen LogP contribution in [-0.2, 0) is 28.5 Å². The summed E-state index contributed by atoms with van der Waals surface area (Å²) in [6.07, 6.45) is -0.321. The zero-order valence-corrected chi connectivity index (χ0v) is 16.5. The number of aryl methyl sites for hydroxylation is 2. The van der Waals surface area contributed by atoms with Crippen LogP contribution in [0, 0.1) is 0 Å². The molecule has 0 atom stereocenters. The van der Waals surface area contributed by atoms with Crippen LogP contribution in [-0.4, -0.2) is 48.7 Å². The van der Waals surface area contributed by atoms with Crippen LogP contribution in [0.2, 0.25) is 0 Å². The van der Waals surface area contributed by atoms with Gasteiger partial charge in [-0.1, -0.05) is 12.1 Å². The van der Waals surface area contributed by atoms with E-state index in [1.165, 1.54) is 12.1 Å². The quantitative estimate of drug-likeness (QED) is 0.760. The number of hydrogen-bond acceptors (Lipinski definition) is 5. The molecule has 0 radical (unpaired) electrons. The molecule has 1 fully saturated rings. The van der Waals surface area contributed by atoms with Crippen LogP contribution >= 0.6 is 0 Å². The number of carbonyl (C=O) groups is 1. The Balaban J connectivity index is 1.45. The summed E-state index contributed by atoms with van der Waals surface area (Å²) in [5.41, 5.74) is 0.960. The highest BCUT2D eigenvalue weighted by Gasteiger charge is 2.30. The molecule has 9 heteroatoms. The van der Waals surface area contributed by atoms with Gasteiger partial charge in [-0.2, -0.15) is 18.2 Å². The summed E-state index contributed by atoms with van der Waals surface area (Å²) < 4.78 is 43.5. The Labute approximate surface area is 172 Å². The molecule has 2 aromatic rings. The molecule has 6 nitrogen and oxygen atoms in total. The number of benzene rings is 1. The van der Waals surface area contributed by atoms with Gasteiger partial charge < -0.3 is 9.64 Å². The number of nitrogens with zero attached hydrogens (tertiary/aromatic N) is 4. The van der Waals surface area contributed by atoms with Crippen LogP contribution < -0.4 is 9.80 Å². The van der Waals surface area contributed by atoms with E-state index in [0.29, 0.717) is 56.6 Å². The molecular formula is C21H23F3N4O2. The molecule has 0 unspecified atom stereocenters. The van der Waals surface area contributed by atoms with Crippen LogP contribution in [0.5, 0.6) is 0 Å². The molecular weight excluding hydrogens is 397 g/mol. The minimum atomic E-state index is -4.36. The molecule has 0 N–H and O–H groups in total. The number of hydrogen-bond donors (Lipinski definition) is 0. The van der Waals surface area contributed by atoms with Crippen LogP contribution in [0.3, 0.4) is 0 Å². The topological polar surface area (TPSA) is 58.6 Å². The van der Waals surface area contributed by atoms with Gasteiger partial charge in [0.25, 0.3) is 0 Å². The van der Waals surface area contributed by atoms with Gasteiger partial charge in [0.1, 0.15) is 5.82 Å². The maximum atomic E-state index is 12.9. The van der Waals surface area contributed by atoms with E-state index in [2.05, 4.69) is 9.97 Å². The van der Waals surface area contributed by atoms with Gasteiger partial charge >= 0.3 is 6.18 Å². The van der Waals surface area contributed by atoms with Crippen LogP contribution in [0.1, 0.15) is 29.5 Å². The summed E-state index contributed by atoms with van der Waals surface area (Å²) in [5, 5.41) is 0. The smallest absolute Gasteiger partial charge is 0.378 e. The van der Waals surface area contributed by atoms with E-state index in [-0.39, 0.29) is 12.3 Å². The molecule has 1 amide bonds. The molecule has 2 aliphatic heterocycles. The molecule has 30 heavy (non-hydrogen) atoms. The van der Waals surface area contributed by atoms with Gasteiger partial charge in [-0.05, 0) is 37.0 Å². The van der Waals surface area contributed by atoms with E-state index >= 15 is 0 Å². The minimum Gasteiger partial charge on any atom is -0.378 e. The average molecular weight is 420 g/mol. The van der Waals surface area contributed by atoms with E-state index in [0.717, 1.165) is 30.5 Å². The van der Waals surface area contributed by atoms with Crippen molar-refractivity contribution >= 4 is 17.7 Å². The van der Waals surface area contributed by atoms with Crippen molar-refractivity contribution in [1.29, 1.82) is 0 Å². The van der Waals surface area contributed by atoms with Gasteiger partial charge in [-0.3, -0.25) is 9.69 Å². The first kappa shape index (κ1) is 20.6. The van der Waals surface area contributed by atoms with E-state index in [1.54, 1.807) is 11.1 Å². The predicted molar refractivity (Wildman–Crippen MR) is 106 cm³/mol. The summed E-state index contributed by atoms with van der Waals surface area (Å²) in [4.78, 5) is 25.8. The third-order valence-corrected chi connectivity index (χ3v) is 5.42. The van der Waals surface area contributed by atoms with E-state index in [9.17, 15) is 18.0 Å². The molecule has 4 rings (SSSR count). The first-order chi connectivity index (χ1) is 14.4. The third-order valence-electron chi connectivity index (χ3n) is 5.42. The van der Waals surface area contributed by atoms with Crippen molar-refractivity contribution in [3.63, 3.8) is 0 Å². The van der Waals surface area contributed by atoms with Crippen molar-refractivity contribution in [1.82, 2.24) is 9.97 Å². The van der Waals surface area contributed by atoms with Gasteiger partial charge in [-0.25, -0.2) is 4.98 Å². The fourth-order valence-corrected chi connectivity index (χ4v) is 3.74. The Morgan fingerprint density at radius 3 is 2.53 bits per heavy atom. The summed E-state index contributed by atoms with van der Waals surface area (Å²) in [7, 11) is 0. The molecule has 1 aromatic carbocycles. The highest BCUT2D eigenvalue weighted by atomic mass is 19.4. The second-order valence-corrected chi connectivity index (χ2v) is 7.46.